The van der Waals surface area contributed by atoms with Crippen molar-refractivity contribution in [2.45, 2.75) is 17.4 Å². The molecule has 1 atom stereocenters. The summed E-state index contributed by atoms with van der Waals surface area (Å²) in [5.74, 6) is 0.630. The summed E-state index contributed by atoms with van der Waals surface area (Å²) in [7, 11) is -1.43. The normalized spacial score (nSPS) is 18.2. The van der Waals surface area contributed by atoms with Gasteiger partial charge in [-0.1, -0.05) is 0 Å². The van der Waals surface area contributed by atoms with Crippen LogP contribution in [0.5, 0.6) is 5.75 Å². The molecule has 7 nitrogen and oxygen atoms in total. The van der Waals surface area contributed by atoms with Crippen LogP contribution in [-0.4, -0.2) is 71.5 Å². The summed E-state index contributed by atoms with van der Waals surface area (Å²) in [5.41, 5.74) is 0. The molecule has 0 aromatic heterocycles. The summed E-state index contributed by atoms with van der Waals surface area (Å²) < 4.78 is 33.6. The Labute approximate surface area is 142 Å². The van der Waals surface area contributed by atoms with Crippen LogP contribution >= 0.6 is 0 Å². The molecule has 2 rings (SSSR count). The number of likely N-dealkylation sites (N-methyl/N-ethyl adjacent to an activating group) is 1. The van der Waals surface area contributed by atoms with E-state index in [4.69, 9.17) is 9.47 Å². The molecule has 0 bridgehead atoms. The van der Waals surface area contributed by atoms with Crippen molar-refractivity contribution in [1.29, 1.82) is 0 Å². The van der Waals surface area contributed by atoms with E-state index in [1.807, 2.05) is 0 Å². The molecule has 1 N–H and O–H groups in total. The number of nitrogens with zero attached hydrogens (tertiary/aromatic N) is 1. The lowest BCUT2D eigenvalue weighted by Crippen LogP contribution is -2.51. The second kappa shape index (κ2) is 8.46. The number of carbonyl (C=O) groups excluding carboxylic acids is 1. The number of carbonyl (C=O) groups is 1. The number of hydrogen-bond acceptors (Lipinski definition) is 6. The van der Waals surface area contributed by atoms with Crippen molar-refractivity contribution in [3.05, 3.63) is 24.3 Å². The fourth-order valence-electron chi connectivity index (χ4n) is 2.38. The number of benzene rings is 1. The average molecular weight is 356 g/mol. The van der Waals surface area contributed by atoms with E-state index in [0.29, 0.717) is 45.1 Å². The van der Waals surface area contributed by atoms with Gasteiger partial charge in [-0.3, -0.25) is 4.79 Å². The van der Waals surface area contributed by atoms with Crippen molar-refractivity contribution in [2.24, 2.45) is 0 Å². The van der Waals surface area contributed by atoms with Gasteiger partial charge in [0.2, 0.25) is 5.91 Å². The minimum absolute atomic E-state index is 0.0206. The highest BCUT2D eigenvalue weighted by Gasteiger charge is 2.23. The van der Waals surface area contributed by atoms with Crippen LogP contribution in [0.3, 0.4) is 0 Å². The topological polar surface area (TPSA) is 84.9 Å². The largest absolute Gasteiger partial charge is 0.494 e. The third kappa shape index (κ3) is 5.47. The number of sulfone groups is 1. The fraction of sp³-hybridized carbons (Fsp3) is 0.562. The van der Waals surface area contributed by atoms with Gasteiger partial charge in [0.25, 0.3) is 0 Å². The first-order chi connectivity index (χ1) is 11.4. The smallest absolute Gasteiger partial charge is 0.241 e. The van der Waals surface area contributed by atoms with Crippen LogP contribution in [0.4, 0.5) is 0 Å². The Bertz CT molecular complexity index is 639. The second-order valence-corrected chi connectivity index (χ2v) is 7.80. The lowest BCUT2D eigenvalue weighted by atomic mass is 10.2. The SMILES string of the molecule is CN(CCCOc1ccc(S(C)(=O)=O)cc1)C(=O)C1COCCN1. The van der Waals surface area contributed by atoms with Crippen LogP contribution in [0.2, 0.25) is 0 Å². The molecule has 1 aliphatic heterocycles. The third-order valence-electron chi connectivity index (χ3n) is 3.75. The number of hydrogen-bond donors (Lipinski definition) is 1. The Kier molecular flexibility index (Phi) is 6.59. The zero-order valence-electron chi connectivity index (χ0n) is 14.0. The maximum atomic E-state index is 12.2. The Hall–Kier alpha value is -1.64. The molecule has 1 aromatic rings. The molecule has 1 aromatic carbocycles. The van der Waals surface area contributed by atoms with E-state index in [9.17, 15) is 13.2 Å². The van der Waals surface area contributed by atoms with Crippen LogP contribution < -0.4 is 10.1 Å². The minimum atomic E-state index is -3.19. The third-order valence-corrected chi connectivity index (χ3v) is 4.88. The van der Waals surface area contributed by atoms with Crippen LogP contribution in [0.1, 0.15) is 6.42 Å². The summed E-state index contributed by atoms with van der Waals surface area (Å²) in [5, 5.41) is 3.14. The number of rotatable bonds is 7. The summed E-state index contributed by atoms with van der Waals surface area (Å²) in [6, 6.07) is 6.04. The van der Waals surface area contributed by atoms with E-state index >= 15 is 0 Å². The lowest BCUT2D eigenvalue weighted by Gasteiger charge is -2.27. The number of morpholine rings is 1. The quantitative estimate of drug-likeness (QED) is 0.708. The Morgan fingerprint density at radius 2 is 2.08 bits per heavy atom. The molecule has 1 saturated heterocycles. The summed E-state index contributed by atoms with van der Waals surface area (Å²) in [6.45, 7) is 2.77. The van der Waals surface area contributed by atoms with Crippen LogP contribution in [-0.2, 0) is 19.4 Å². The maximum absolute atomic E-state index is 12.2. The van der Waals surface area contributed by atoms with Crippen LogP contribution in [0, 0.1) is 0 Å². The number of nitrogens with one attached hydrogen (secondary N) is 1. The van der Waals surface area contributed by atoms with Gasteiger partial charge >= 0.3 is 0 Å². The Morgan fingerprint density at radius 3 is 2.67 bits per heavy atom. The fourth-order valence-corrected chi connectivity index (χ4v) is 3.01. The van der Waals surface area contributed by atoms with Gasteiger partial charge in [0, 0.05) is 26.4 Å². The van der Waals surface area contributed by atoms with Gasteiger partial charge in [-0.05, 0) is 30.7 Å². The number of ether oxygens (including phenoxy) is 2. The monoisotopic (exact) mass is 356 g/mol. The average Bonchev–Trinajstić information content (AvgIpc) is 2.58. The molecule has 0 spiro atoms. The molecule has 0 aliphatic carbocycles. The molecule has 1 amide bonds. The minimum Gasteiger partial charge on any atom is -0.494 e. The first-order valence-electron chi connectivity index (χ1n) is 7.87. The standard InChI is InChI=1S/C16H24N2O5S/c1-18(16(19)15-12-22-11-8-17-15)9-3-10-23-13-4-6-14(7-5-13)24(2,20)21/h4-7,15,17H,3,8-12H2,1-2H3. The molecule has 0 saturated carbocycles. The molecule has 1 aliphatic rings. The van der Waals surface area contributed by atoms with E-state index in [1.54, 1.807) is 24.1 Å². The van der Waals surface area contributed by atoms with Crippen molar-refractivity contribution in [2.75, 3.05) is 46.2 Å². The highest BCUT2D eigenvalue weighted by Crippen LogP contribution is 2.16. The van der Waals surface area contributed by atoms with Gasteiger partial charge in [0.05, 0.1) is 24.7 Å². The molecular weight excluding hydrogens is 332 g/mol. The molecule has 0 radical (unpaired) electrons. The van der Waals surface area contributed by atoms with Gasteiger partial charge in [-0.15, -0.1) is 0 Å². The lowest BCUT2D eigenvalue weighted by molar-refractivity contribution is -0.135. The molecule has 134 valence electrons. The van der Waals surface area contributed by atoms with Crippen LogP contribution in [0.15, 0.2) is 29.2 Å². The van der Waals surface area contributed by atoms with Crippen molar-refractivity contribution >= 4 is 15.7 Å². The first-order valence-corrected chi connectivity index (χ1v) is 9.76. The van der Waals surface area contributed by atoms with Crippen LogP contribution in [0.25, 0.3) is 0 Å². The highest BCUT2D eigenvalue weighted by atomic mass is 32.2. The predicted molar refractivity (Wildman–Crippen MR) is 89.9 cm³/mol. The predicted octanol–water partition coefficient (Wildman–Crippen LogP) is 0.306. The van der Waals surface area contributed by atoms with Crippen molar-refractivity contribution in [3.8, 4) is 5.75 Å². The van der Waals surface area contributed by atoms with Gasteiger partial charge in [-0.25, -0.2) is 8.42 Å². The molecular formula is C16H24N2O5S. The van der Waals surface area contributed by atoms with E-state index < -0.39 is 9.84 Å². The maximum Gasteiger partial charge on any atom is 0.241 e. The first kappa shape index (κ1) is 18.7. The Balaban J connectivity index is 1.71. The van der Waals surface area contributed by atoms with Gasteiger partial charge < -0.3 is 19.7 Å². The highest BCUT2D eigenvalue weighted by molar-refractivity contribution is 7.90. The van der Waals surface area contributed by atoms with Gasteiger partial charge in [-0.2, -0.15) is 0 Å². The molecule has 8 heteroatoms. The van der Waals surface area contributed by atoms with Gasteiger partial charge in [0.1, 0.15) is 11.8 Å². The van der Waals surface area contributed by atoms with Crippen molar-refractivity contribution in [1.82, 2.24) is 10.2 Å². The van der Waals surface area contributed by atoms with E-state index in [2.05, 4.69) is 5.32 Å². The van der Waals surface area contributed by atoms with Gasteiger partial charge in [0.15, 0.2) is 9.84 Å². The molecule has 1 unspecified atom stereocenters. The zero-order valence-corrected chi connectivity index (χ0v) is 14.8. The zero-order chi connectivity index (χ0) is 17.6. The molecule has 1 heterocycles. The van der Waals surface area contributed by atoms with Crippen molar-refractivity contribution < 1.29 is 22.7 Å². The summed E-state index contributed by atoms with van der Waals surface area (Å²) in [6.07, 6.45) is 1.85. The van der Waals surface area contributed by atoms with Crippen molar-refractivity contribution in [3.63, 3.8) is 0 Å². The molecule has 1 fully saturated rings. The number of amides is 1. The van der Waals surface area contributed by atoms with E-state index in [1.165, 1.54) is 18.4 Å². The Morgan fingerprint density at radius 1 is 1.38 bits per heavy atom. The second-order valence-electron chi connectivity index (χ2n) is 5.79. The van der Waals surface area contributed by atoms with E-state index in [0.717, 1.165) is 0 Å². The molecule has 24 heavy (non-hydrogen) atoms. The summed E-state index contributed by atoms with van der Waals surface area (Å²) in [4.78, 5) is 14.1. The van der Waals surface area contributed by atoms with E-state index in [-0.39, 0.29) is 16.8 Å². The summed E-state index contributed by atoms with van der Waals surface area (Å²) >= 11 is 0.